The monoisotopic (exact) mass is 572 g/mol. The quantitative estimate of drug-likeness (QED) is 0.244. The number of amides is 1. The number of nitrogen functional groups attached to an aromatic ring is 1. The topological polar surface area (TPSA) is 126 Å². The summed E-state index contributed by atoms with van der Waals surface area (Å²) in [6.45, 7) is 1.44. The maximum atomic E-state index is 14.2. The maximum absolute atomic E-state index is 14.2. The van der Waals surface area contributed by atoms with Gasteiger partial charge in [0, 0.05) is 31.8 Å². The molecule has 0 spiro atoms. The van der Waals surface area contributed by atoms with Gasteiger partial charge in [-0.2, -0.15) is 4.52 Å². The Kier molecular flexibility index (Phi) is 8.29. The Balaban J connectivity index is 0.00000189. The van der Waals surface area contributed by atoms with Crippen molar-refractivity contribution in [1.82, 2.24) is 29.5 Å². The summed E-state index contributed by atoms with van der Waals surface area (Å²) in [5.74, 6) is -1.10. The lowest BCUT2D eigenvalue weighted by molar-refractivity contribution is -0.112. The fourth-order valence-corrected chi connectivity index (χ4v) is 4.57. The first kappa shape index (κ1) is 29.5. The highest BCUT2D eigenvalue weighted by Crippen LogP contribution is 2.31. The van der Waals surface area contributed by atoms with Gasteiger partial charge in [-0.3, -0.25) is 4.79 Å². The first-order valence-corrected chi connectivity index (χ1v) is 12.6. The second-order valence-electron chi connectivity index (χ2n) is 9.84. The third kappa shape index (κ3) is 5.71. The number of anilines is 2. The summed E-state index contributed by atoms with van der Waals surface area (Å²) in [7, 11) is 1.67. The van der Waals surface area contributed by atoms with Gasteiger partial charge in [-0.25, -0.2) is 32.5 Å². The molecule has 1 aliphatic heterocycles. The number of alkyl halides is 2. The molecule has 0 unspecified atom stereocenters. The van der Waals surface area contributed by atoms with Crippen LogP contribution in [-0.2, 0) is 6.42 Å². The van der Waals surface area contributed by atoms with E-state index in [1.54, 1.807) is 24.1 Å². The van der Waals surface area contributed by atoms with Crippen molar-refractivity contribution in [2.75, 3.05) is 30.8 Å². The van der Waals surface area contributed by atoms with Crippen LogP contribution in [0.5, 0.6) is 0 Å². The number of aryl methyl sites for hydroxylation is 1. The first-order chi connectivity index (χ1) is 19.5. The number of benzene rings is 1. The normalized spacial score (nSPS) is 14.9. The van der Waals surface area contributed by atoms with E-state index in [4.69, 9.17) is 5.73 Å². The number of pyridine rings is 1. The standard InChI is InChI=1S/C25H26F4N8O2.C2H2/c1-13(35(2)22(38)14-6-7-19(31-10-14)36-11-25(39,12-36)23(28)29)4-3-5-18-32-21-16-8-15(26)9-17(27)20(16)33-24(30)37(21)34-18;1-2/h6-10,13,23,39H,3-5,11-12H2,1-2H3,(H2,30,33);1-2H/t13-;/m0./s1. The van der Waals surface area contributed by atoms with Crippen LogP contribution in [0.25, 0.3) is 16.6 Å². The molecule has 0 saturated carbocycles. The molecule has 1 aliphatic rings. The molecule has 3 aromatic heterocycles. The molecule has 0 radical (unpaired) electrons. The fourth-order valence-electron chi connectivity index (χ4n) is 4.57. The Morgan fingerprint density at radius 3 is 2.56 bits per heavy atom. The minimum atomic E-state index is -2.84. The highest BCUT2D eigenvalue weighted by molar-refractivity contribution is 5.94. The predicted molar refractivity (Wildman–Crippen MR) is 144 cm³/mol. The molecule has 10 nitrogen and oxygen atoms in total. The maximum Gasteiger partial charge on any atom is 0.270 e. The van der Waals surface area contributed by atoms with Crippen molar-refractivity contribution in [3.05, 3.63) is 53.5 Å². The molecule has 1 atom stereocenters. The number of nitrogens with zero attached hydrogens (tertiary/aromatic N) is 7. The molecular weight excluding hydrogens is 544 g/mol. The van der Waals surface area contributed by atoms with Crippen molar-refractivity contribution < 1.29 is 27.5 Å². The zero-order chi connectivity index (χ0) is 30.1. The summed E-state index contributed by atoms with van der Waals surface area (Å²) >= 11 is 0. The van der Waals surface area contributed by atoms with Crippen molar-refractivity contribution in [3.63, 3.8) is 0 Å². The number of aromatic nitrogens is 5. The van der Waals surface area contributed by atoms with Crippen LogP contribution in [0.3, 0.4) is 0 Å². The van der Waals surface area contributed by atoms with Gasteiger partial charge in [0.2, 0.25) is 5.95 Å². The van der Waals surface area contributed by atoms with Gasteiger partial charge in [0.15, 0.2) is 22.9 Å². The Morgan fingerprint density at radius 1 is 1.22 bits per heavy atom. The summed E-state index contributed by atoms with van der Waals surface area (Å²) < 4.78 is 54.9. The second-order valence-corrected chi connectivity index (χ2v) is 9.84. The number of nitrogens with two attached hydrogens (primary N) is 1. The fraction of sp³-hybridized carbons (Fsp3) is 0.370. The number of halogens is 4. The highest BCUT2D eigenvalue weighted by atomic mass is 19.3. The Morgan fingerprint density at radius 2 is 1.93 bits per heavy atom. The SMILES string of the molecule is C#C.C[C@@H](CCCc1nc2c3cc(F)cc(F)c3nc(N)n2n1)N(C)C(=O)c1ccc(N2CC(O)(C(F)F)C2)nc1. The van der Waals surface area contributed by atoms with Crippen LogP contribution in [0.4, 0.5) is 29.3 Å². The van der Waals surface area contributed by atoms with Crippen LogP contribution in [0.2, 0.25) is 0 Å². The number of aliphatic hydroxyl groups is 1. The molecule has 1 aromatic carbocycles. The van der Waals surface area contributed by atoms with Crippen molar-refractivity contribution in [2.24, 2.45) is 0 Å². The molecule has 3 N–H and O–H groups in total. The van der Waals surface area contributed by atoms with Crippen molar-refractivity contribution in [1.29, 1.82) is 0 Å². The number of carbonyl (C=O) groups is 1. The lowest BCUT2D eigenvalue weighted by atomic mass is 9.95. The molecule has 14 heteroatoms. The van der Waals surface area contributed by atoms with E-state index in [1.165, 1.54) is 15.6 Å². The van der Waals surface area contributed by atoms with E-state index in [2.05, 4.69) is 32.9 Å². The van der Waals surface area contributed by atoms with Crippen LogP contribution in [-0.4, -0.2) is 78.7 Å². The predicted octanol–water partition coefficient (Wildman–Crippen LogP) is 3.08. The molecule has 0 bridgehead atoms. The van der Waals surface area contributed by atoms with Crippen LogP contribution in [0.15, 0.2) is 30.5 Å². The molecule has 1 amide bonds. The molecule has 1 fully saturated rings. The Bertz CT molecular complexity index is 1590. The third-order valence-corrected chi connectivity index (χ3v) is 7.02. The van der Waals surface area contributed by atoms with E-state index >= 15 is 0 Å². The molecule has 216 valence electrons. The van der Waals surface area contributed by atoms with E-state index in [-0.39, 0.29) is 47.5 Å². The lowest BCUT2D eigenvalue weighted by Crippen LogP contribution is -2.66. The number of carbonyl (C=O) groups excluding carboxylic acids is 1. The van der Waals surface area contributed by atoms with Gasteiger partial charge in [0.1, 0.15) is 17.2 Å². The Hall–Kier alpha value is -4.51. The van der Waals surface area contributed by atoms with Crippen LogP contribution in [0, 0.1) is 24.5 Å². The van der Waals surface area contributed by atoms with E-state index in [1.807, 2.05) is 6.92 Å². The van der Waals surface area contributed by atoms with Gasteiger partial charge < -0.3 is 20.6 Å². The van der Waals surface area contributed by atoms with Crippen LogP contribution >= 0.6 is 0 Å². The first-order valence-electron chi connectivity index (χ1n) is 12.6. The number of rotatable bonds is 8. The number of β-amino-alcohol motifs (C(OH)–C–C–N with tert-alkyl or cyclic N) is 1. The van der Waals surface area contributed by atoms with Crippen molar-refractivity contribution >= 4 is 34.2 Å². The minimum Gasteiger partial charge on any atom is -0.380 e. The van der Waals surface area contributed by atoms with Gasteiger partial charge in [-0.1, -0.05) is 0 Å². The number of fused-ring (bicyclic) bond motifs is 3. The zero-order valence-electron chi connectivity index (χ0n) is 22.3. The molecule has 1 saturated heterocycles. The van der Waals surface area contributed by atoms with Gasteiger partial charge in [-0.05, 0) is 38.0 Å². The Labute approximate surface area is 232 Å². The molecule has 41 heavy (non-hydrogen) atoms. The third-order valence-electron chi connectivity index (χ3n) is 7.02. The minimum absolute atomic E-state index is 0.0705. The smallest absolute Gasteiger partial charge is 0.270 e. The van der Waals surface area contributed by atoms with Crippen molar-refractivity contribution in [2.45, 2.75) is 44.3 Å². The summed E-state index contributed by atoms with van der Waals surface area (Å²) in [6.07, 6.45) is 8.21. The van der Waals surface area contributed by atoms with E-state index < -0.39 is 23.7 Å². The van der Waals surface area contributed by atoms with Gasteiger partial charge in [-0.15, -0.1) is 17.9 Å². The second kappa shape index (κ2) is 11.5. The van der Waals surface area contributed by atoms with E-state index in [9.17, 15) is 27.5 Å². The van der Waals surface area contributed by atoms with Gasteiger partial charge in [0.25, 0.3) is 12.3 Å². The average Bonchev–Trinajstić information content (AvgIpc) is 3.37. The number of hydrogen-bond acceptors (Lipinski definition) is 8. The highest BCUT2D eigenvalue weighted by Gasteiger charge is 2.49. The number of hydrogen-bond donors (Lipinski definition) is 2. The average molecular weight is 573 g/mol. The van der Waals surface area contributed by atoms with E-state index in [0.717, 1.165) is 12.1 Å². The molecule has 4 aromatic rings. The van der Waals surface area contributed by atoms with Crippen molar-refractivity contribution in [3.8, 4) is 12.8 Å². The lowest BCUT2D eigenvalue weighted by Gasteiger charge is -2.46. The van der Waals surface area contributed by atoms with Crippen LogP contribution in [0.1, 0.15) is 35.9 Å². The zero-order valence-corrected chi connectivity index (χ0v) is 22.3. The molecule has 0 aliphatic carbocycles. The number of terminal acetylenes is 1. The largest absolute Gasteiger partial charge is 0.380 e. The summed E-state index contributed by atoms with van der Waals surface area (Å²) in [5, 5.41) is 14.2. The summed E-state index contributed by atoms with van der Waals surface area (Å²) in [6, 6.07) is 4.85. The molecule has 5 rings (SSSR count). The molecule has 4 heterocycles. The van der Waals surface area contributed by atoms with E-state index in [0.29, 0.717) is 36.5 Å². The summed E-state index contributed by atoms with van der Waals surface area (Å²) in [5.41, 5.74) is 4.34. The molecular formula is C27H28F4N8O2. The van der Waals surface area contributed by atoms with Gasteiger partial charge >= 0.3 is 0 Å². The van der Waals surface area contributed by atoms with Crippen LogP contribution < -0.4 is 10.6 Å². The summed E-state index contributed by atoms with van der Waals surface area (Å²) in [4.78, 5) is 28.6. The van der Waals surface area contributed by atoms with Gasteiger partial charge in [0.05, 0.1) is 24.0 Å².